The molecule has 118 valence electrons. The number of benzene rings is 1. The van der Waals surface area contributed by atoms with Crippen LogP contribution >= 0.6 is 23.2 Å². The minimum absolute atomic E-state index is 0.00395. The average molecular weight is 369 g/mol. The van der Waals surface area contributed by atoms with Crippen LogP contribution < -0.4 is 0 Å². The first-order chi connectivity index (χ1) is 10.9. The van der Waals surface area contributed by atoms with Gasteiger partial charge in [-0.3, -0.25) is 0 Å². The lowest BCUT2D eigenvalue weighted by molar-refractivity contribution is 0.580. The predicted molar refractivity (Wildman–Crippen MR) is 87.0 cm³/mol. The van der Waals surface area contributed by atoms with Gasteiger partial charge in [0.05, 0.1) is 16.1 Å². The highest BCUT2D eigenvalue weighted by atomic mass is 35.5. The smallest absolute Gasteiger partial charge is 0.225 e. The van der Waals surface area contributed by atoms with E-state index in [1.54, 1.807) is 25.1 Å². The molecule has 0 aliphatic rings. The lowest BCUT2D eigenvalue weighted by atomic mass is 10.2. The number of hydrogen-bond donors (Lipinski definition) is 0. The van der Waals surface area contributed by atoms with Crippen LogP contribution in [0.4, 0.5) is 0 Å². The van der Waals surface area contributed by atoms with Crippen molar-refractivity contribution in [2.45, 2.75) is 11.8 Å². The summed E-state index contributed by atoms with van der Waals surface area (Å²) in [5, 5.41) is 4.37. The zero-order valence-electron chi connectivity index (χ0n) is 11.8. The van der Waals surface area contributed by atoms with Crippen LogP contribution in [-0.2, 0) is 10.0 Å². The Morgan fingerprint density at radius 2 is 1.78 bits per heavy atom. The van der Waals surface area contributed by atoms with Gasteiger partial charge in [-0.15, -0.1) is 0 Å². The van der Waals surface area contributed by atoms with Gasteiger partial charge < -0.3 is 0 Å². The minimum atomic E-state index is -3.79. The van der Waals surface area contributed by atoms with Gasteiger partial charge in [-0.2, -0.15) is 17.6 Å². The molecule has 2 heterocycles. The Bertz CT molecular complexity index is 972. The number of aryl methyl sites for hydroxylation is 1. The Balaban J connectivity index is 2.14. The second-order valence-electron chi connectivity index (χ2n) is 4.69. The fraction of sp³-hybridized carbons (Fsp3) is 0.0714. The first-order valence-corrected chi connectivity index (χ1v) is 8.64. The van der Waals surface area contributed by atoms with E-state index >= 15 is 0 Å². The van der Waals surface area contributed by atoms with Crippen LogP contribution in [-0.4, -0.2) is 27.6 Å². The third-order valence-electron chi connectivity index (χ3n) is 3.10. The molecule has 0 aliphatic carbocycles. The molecule has 0 atom stereocenters. The first kappa shape index (κ1) is 15.9. The Morgan fingerprint density at radius 1 is 1.09 bits per heavy atom. The van der Waals surface area contributed by atoms with Gasteiger partial charge in [-0.05, 0) is 36.2 Å². The summed E-state index contributed by atoms with van der Waals surface area (Å²) in [5.41, 5.74) is 1.21. The van der Waals surface area contributed by atoms with E-state index in [0.717, 1.165) is 4.09 Å². The van der Waals surface area contributed by atoms with Crippen molar-refractivity contribution in [1.29, 1.82) is 0 Å². The molecule has 0 saturated heterocycles. The third kappa shape index (κ3) is 2.95. The normalized spacial score (nSPS) is 11.6. The highest BCUT2D eigenvalue weighted by Crippen LogP contribution is 2.28. The van der Waals surface area contributed by atoms with Crippen molar-refractivity contribution in [3.05, 3.63) is 58.6 Å². The van der Waals surface area contributed by atoms with Crippen molar-refractivity contribution in [3.8, 4) is 11.4 Å². The van der Waals surface area contributed by atoms with Crippen LogP contribution in [0, 0.1) is 6.92 Å². The summed E-state index contributed by atoms with van der Waals surface area (Å²) in [4.78, 5) is 7.93. The molecule has 0 aliphatic heterocycles. The maximum atomic E-state index is 12.6. The molecule has 0 N–H and O–H groups in total. The summed E-state index contributed by atoms with van der Waals surface area (Å²) in [5.74, 6) is 0. The standard InChI is InChI=1S/C14H10Cl2N4O2S/c1-9-8-20(23(21,22)10-5-3-2-4-6-10)19-12(9)13-11(15)7-17-14(16)18-13/h2-8H,1H3. The van der Waals surface area contributed by atoms with E-state index in [-0.39, 0.29) is 20.9 Å². The van der Waals surface area contributed by atoms with Gasteiger partial charge >= 0.3 is 0 Å². The van der Waals surface area contributed by atoms with Crippen LogP contribution in [0.25, 0.3) is 11.4 Å². The number of nitrogens with zero attached hydrogens (tertiary/aromatic N) is 4. The largest absolute Gasteiger partial charge is 0.282 e. The van der Waals surface area contributed by atoms with Crippen molar-refractivity contribution in [2.24, 2.45) is 0 Å². The van der Waals surface area contributed by atoms with Gasteiger partial charge in [0.15, 0.2) is 0 Å². The van der Waals surface area contributed by atoms with Crippen LogP contribution in [0.1, 0.15) is 5.56 Å². The highest BCUT2D eigenvalue weighted by Gasteiger charge is 2.21. The Hall–Kier alpha value is -1.96. The van der Waals surface area contributed by atoms with Crippen molar-refractivity contribution in [3.63, 3.8) is 0 Å². The number of rotatable bonds is 3. The zero-order valence-corrected chi connectivity index (χ0v) is 14.1. The maximum Gasteiger partial charge on any atom is 0.282 e. The monoisotopic (exact) mass is 368 g/mol. The van der Waals surface area contributed by atoms with Crippen molar-refractivity contribution < 1.29 is 8.42 Å². The Kier molecular flexibility index (Phi) is 4.09. The topological polar surface area (TPSA) is 77.7 Å². The van der Waals surface area contributed by atoms with E-state index in [2.05, 4.69) is 15.1 Å². The molecular formula is C14H10Cl2N4O2S. The van der Waals surface area contributed by atoms with Crippen molar-refractivity contribution in [1.82, 2.24) is 19.2 Å². The van der Waals surface area contributed by atoms with Crippen LogP contribution in [0.3, 0.4) is 0 Å². The van der Waals surface area contributed by atoms with Gasteiger partial charge in [0.25, 0.3) is 10.0 Å². The molecule has 0 radical (unpaired) electrons. The fourth-order valence-electron chi connectivity index (χ4n) is 2.00. The van der Waals surface area contributed by atoms with Crippen molar-refractivity contribution >= 4 is 33.2 Å². The van der Waals surface area contributed by atoms with Gasteiger partial charge in [0.2, 0.25) is 5.28 Å². The molecule has 0 bridgehead atoms. The molecule has 0 unspecified atom stereocenters. The van der Waals surface area contributed by atoms with E-state index in [9.17, 15) is 8.42 Å². The molecule has 1 aromatic carbocycles. The fourth-order valence-corrected chi connectivity index (χ4v) is 3.52. The van der Waals surface area contributed by atoms with E-state index in [1.807, 2.05) is 0 Å². The summed E-state index contributed by atoms with van der Waals surface area (Å²) in [6, 6.07) is 8.03. The maximum absolute atomic E-state index is 12.6. The van der Waals surface area contributed by atoms with Gasteiger partial charge in [-0.25, -0.2) is 9.97 Å². The quantitative estimate of drug-likeness (QED) is 0.663. The summed E-state index contributed by atoms with van der Waals surface area (Å²) < 4.78 is 26.1. The number of halogens is 2. The molecule has 0 amide bonds. The SMILES string of the molecule is Cc1cn(S(=O)(=O)c2ccccc2)nc1-c1nc(Cl)ncc1Cl. The number of aromatic nitrogens is 4. The summed E-state index contributed by atoms with van der Waals surface area (Å²) >= 11 is 11.8. The second kappa shape index (κ2) is 5.92. The van der Waals surface area contributed by atoms with Gasteiger partial charge in [-0.1, -0.05) is 29.8 Å². The Labute approximate surface area is 142 Å². The van der Waals surface area contributed by atoms with Crippen LogP contribution in [0.2, 0.25) is 10.3 Å². The second-order valence-corrected chi connectivity index (χ2v) is 7.23. The molecule has 9 heteroatoms. The molecule has 23 heavy (non-hydrogen) atoms. The summed E-state index contributed by atoms with van der Waals surface area (Å²) in [6.07, 6.45) is 2.75. The zero-order chi connectivity index (χ0) is 16.6. The van der Waals surface area contributed by atoms with Crippen LogP contribution in [0.15, 0.2) is 47.6 Å². The summed E-state index contributed by atoms with van der Waals surface area (Å²) in [6.45, 7) is 1.71. The molecule has 0 fully saturated rings. The molecule has 0 saturated carbocycles. The van der Waals surface area contributed by atoms with Gasteiger partial charge in [0, 0.05) is 6.20 Å². The predicted octanol–water partition coefficient (Wildman–Crippen LogP) is 3.19. The van der Waals surface area contributed by atoms with Crippen LogP contribution in [0.5, 0.6) is 0 Å². The van der Waals surface area contributed by atoms with E-state index in [0.29, 0.717) is 11.3 Å². The van der Waals surface area contributed by atoms with Crippen molar-refractivity contribution in [2.75, 3.05) is 0 Å². The van der Waals surface area contributed by atoms with E-state index in [4.69, 9.17) is 23.2 Å². The Morgan fingerprint density at radius 3 is 2.48 bits per heavy atom. The first-order valence-electron chi connectivity index (χ1n) is 6.45. The third-order valence-corrected chi connectivity index (χ3v) is 5.11. The lowest BCUT2D eigenvalue weighted by Gasteiger charge is -2.04. The molecule has 3 rings (SSSR count). The number of hydrogen-bond acceptors (Lipinski definition) is 5. The van der Waals surface area contributed by atoms with E-state index < -0.39 is 10.0 Å². The summed E-state index contributed by atoms with van der Waals surface area (Å²) in [7, 11) is -3.79. The van der Waals surface area contributed by atoms with E-state index in [1.165, 1.54) is 24.5 Å². The molecule has 2 aromatic heterocycles. The lowest BCUT2D eigenvalue weighted by Crippen LogP contribution is -2.13. The highest BCUT2D eigenvalue weighted by molar-refractivity contribution is 7.89. The average Bonchev–Trinajstić information content (AvgIpc) is 2.93. The molecule has 0 spiro atoms. The van der Waals surface area contributed by atoms with Gasteiger partial charge in [0.1, 0.15) is 11.4 Å². The minimum Gasteiger partial charge on any atom is -0.225 e. The molecular weight excluding hydrogens is 359 g/mol. The molecule has 6 nitrogen and oxygen atoms in total. The molecule has 3 aromatic rings.